The Balaban J connectivity index is 1.71. The van der Waals surface area contributed by atoms with Crippen molar-refractivity contribution in [3.8, 4) is 0 Å². The average Bonchev–Trinajstić information content (AvgIpc) is 3.11. The minimum atomic E-state index is -3.19. The number of benzene rings is 2. The zero-order valence-electron chi connectivity index (χ0n) is 17.6. The Bertz CT molecular complexity index is 1290. The van der Waals surface area contributed by atoms with Crippen LogP contribution in [0.2, 0.25) is 0 Å². The van der Waals surface area contributed by atoms with Crippen molar-refractivity contribution in [3.63, 3.8) is 0 Å². The molecule has 4 rings (SSSR count). The topological polar surface area (TPSA) is 84.7 Å². The van der Waals surface area contributed by atoms with E-state index in [1.807, 2.05) is 37.3 Å². The fraction of sp³-hybridized carbons (Fsp3) is 0.333. The quantitative estimate of drug-likeness (QED) is 0.608. The minimum Gasteiger partial charge on any atom is -0.451 e. The number of sulfone groups is 1. The van der Waals surface area contributed by atoms with Crippen LogP contribution >= 0.6 is 0 Å². The first kappa shape index (κ1) is 21.3. The lowest BCUT2D eigenvalue weighted by Gasteiger charge is -2.28. The summed E-state index contributed by atoms with van der Waals surface area (Å²) >= 11 is 0. The number of carbonyl (C=O) groups is 1. The number of amides is 1. The van der Waals surface area contributed by atoms with Gasteiger partial charge in [0.25, 0.3) is 5.91 Å². The Morgan fingerprint density at radius 3 is 2.45 bits per heavy atom. The van der Waals surface area contributed by atoms with Crippen molar-refractivity contribution in [2.24, 2.45) is 0 Å². The fourth-order valence-corrected chi connectivity index (χ4v) is 5.71. The van der Waals surface area contributed by atoms with Gasteiger partial charge in [0.2, 0.25) is 0 Å². The largest absolute Gasteiger partial charge is 0.451 e. The third-order valence-electron chi connectivity index (χ3n) is 5.79. The highest BCUT2D eigenvalue weighted by molar-refractivity contribution is 7.91. The summed E-state index contributed by atoms with van der Waals surface area (Å²) in [6.45, 7) is 4.19. The third-order valence-corrected chi connectivity index (χ3v) is 7.54. The van der Waals surface area contributed by atoms with E-state index >= 15 is 0 Å². The normalized spacial score (nSPS) is 17.7. The number of aryl methyl sites for hydroxylation is 2. The molecule has 6 nitrogen and oxygen atoms in total. The van der Waals surface area contributed by atoms with Crippen LogP contribution in [0.3, 0.4) is 0 Å². The van der Waals surface area contributed by atoms with Crippen LogP contribution in [0.1, 0.15) is 40.6 Å². The third kappa shape index (κ3) is 4.56. The maximum absolute atomic E-state index is 13.4. The van der Waals surface area contributed by atoms with Gasteiger partial charge in [-0.05, 0) is 43.0 Å². The summed E-state index contributed by atoms with van der Waals surface area (Å²) in [6, 6.07) is 13.9. The van der Waals surface area contributed by atoms with Gasteiger partial charge in [-0.2, -0.15) is 0 Å². The van der Waals surface area contributed by atoms with E-state index in [9.17, 15) is 18.0 Å². The zero-order chi connectivity index (χ0) is 22.2. The van der Waals surface area contributed by atoms with Crippen LogP contribution in [0.5, 0.6) is 0 Å². The molecule has 0 saturated carbocycles. The number of fused-ring (bicyclic) bond motifs is 1. The molecule has 0 radical (unpaired) electrons. The highest BCUT2D eigenvalue weighted by Gasteiger charge is 2.36. The second kappa shape index (κ2) is 8.30. The molecule has 1 fully saturated rings. The van der Waals surface area contributed by atoms with Crippen LogP contribution in [0, 0.1) is 6.92 Å². The molecule has 2 heterocycles. The maximum Gasteiger partial charge on any atom is 0.290 e. The standard InChI is InChI=1S/C24H25NO5S/c1-3-17-5-7-18(8-6-17)14-25(19-10-11-31(28,29)15-19)24(27)23-13-21(26)20-12-16(2)4-9-22(20)30-23/h4-9,12-13,19H,3,10-11,14-15H2,1-2H3/t19-/m1/s1. The minimum absolute atomic E-state index is 0.0527. The second-order valence-corrected chi connectivity index (χ2v) is 10.4. The lowest BCUT2D eigenvalue weighted by Crippen LogP contribution is -2.40. The molecule has 1 aliphatic heterocycles. The number of nitrogens with zero attached hydrogens (tertiary/aromatic N) is 1. The Morgan fingerprint density at radius 1 is 1.10 bits per heavy atom. The molecule has 1 aliphatic rings. The van der Waals surface area contributed by atoms with Gasteiger partial charge in [0.15, 0.2) is 21.0 Å². The van der Waals surface area contributed by atoms with E-state index in [0.29, 0.717) is 17.4 Å². The molecular weight excluding hydrogens is 414 g/mol. The Hall–Kier alpha value is -2.93. The van der Waals surface area contributed by atoms with Crippen molar-refractivity contribution in [2.75, 3.05) is 11.5 Å². The van der Waals surface area contributed by atoms with E-state index in [0.717, 1.165) is 17.5 Å². The molecule has 7 heteroatoms. The SMILES string of the molecule is CCc1ccc(CN(C(=O)c2cc(=O)c3cc(C)ccc3o2)[C@@H]2CCS(=O)(=O)C2)cc1. The summed E-state index contributed by atoms with van der Waals surface area (Å²) in [5, 5.41) is 0.418. The van der Waals surface area contributed by atoms with E-state index in [2.05, 4.69) is 6.92 Å². The molecule has 162 valence electrons. The number of carbonyl (C=O) groups excluding carboxylic acids is 1. The number of hydrogen-bond donors (Lipinski definition) is 0. The van der Waals surface area contributed by atoms with E-state index in [-0.39, 0.29) is 29.2 Å². The zero-order valence-corrected chi connectivity index (χ0v) is 18.4. The van der Waals surface area contributed by atoms with Crippen LogP contribution in [0.25, 0.3) is 11.0 Å². The lowest BCUT2D eigenvalue weighted by molar-refractivity contribution is 0.0648. The van der Waals surface area contributed by atoms with E-state index < -0.39 is 21.8 Å². The average molecular weight is 440 g/mol. The predicted molar refractivity (Wildman–Crippen MR) is 120 cm³/mol. The summed E-state index contributed by atoms with van der Waals surface area (Å²) in [6.07, 6.45) is 1.28. The van der Waals surface area contributed by atoms with Gasteiger partial charge in [-0.1, -0.05) is 42.8 Å². The van der Waals surface area contributed by atoms with Gasteiger partial charge in [0.05, 0.1) is 16.9 Å². The summed E-state index contributed by atoms with van der Waals surface area (Å²) in [5.74, 6) is -0.572. The van der Waals surface area contributed by atoms with Crippen LogP contribution in [0.15, 0.2) is 57.7 Å². The van der Waals surface area contributed by atoms with Crippen molar-refractivity contribution >= 4 is 26.7 Å². The summed E-state index contributed by atoms with van der Waals surface area (Å²) in [5.41, 5.74) is 3.05. The van der Waals surface area contributed by atoms with Crippen LogP contribution in [-0.2, 0) is 22.8 Å². The van der Waals surface area contributed by atoms with Crippen LogP contribution < -0.4 is 5.43 Å². The summed E-state index contributed by atoms with van der Waals surface area (Å²) in [7, 11) is -3.19. The first-order valence-corrected chi connectivity index (χ1v) is 12.2. The number of hydrogen-bond acceptors (Lipinski definition) is 5. The maximum atomic E-state index is 13.4. The van der Waals surface area contributed by atoms with Crippen molar-refractivity contribution in [3.05, 3.63) is 81.2 Å². The first-order chi connectivity index (χ1) is 14.8. The molecule has 1 saturated heterocycles. The summed E-state index contributed by atoms with van der Waals surface area (Å²) < 4.78 is 30.0. The molecular formula is C24H25NO5S. The smallest absolute Gasteiger partial charge is 0.290 e. The molecule has 0 spiro atoms. The fourth-order valence-electron chi connectivity index (χ4n) is 3.98. The van der Waals surface area contributed by atoms with Gasteiger partial charge in [0.1, 0.15) is 5.58 Å². The van der Waals surface area contributed by atoms with E-state index in [1.165, 1.54) is 16.5 Å². The Kier molecular flexibility index (Phi) is 5.71. The van der Waals surface area contributed by atoms with Crippen molar-refractivity contribution in [1.82, 2.24) is 4.90 Å². The molecule has 31 heavy (non-hydrogen) atoms. The lowest BCUT2D eigenvalue weighted by atomic mass is 10.1. The number of rotatable bonds is 5. The molecule has 0 bridgehead atoms. The van der Waals surface area contributed by atoms with Gasteiger partial charge in [-0.15, -0.1) is 0 Å². The molecule has 2 aromatic carbocycles. The molecule has 1 aromatic heterocycles. The summed E-state index contributed by atoms with van der Waals surface area (Å²) in [4.78, 5) is 27.6. The monoisotopic (exact) mass is 439 g/mol. The molecule has 0 aliphatic carbocycles. The highest BCUT2D eigenvalue weighted by atomic mass is 32.2. The van der Waals surface area contributed by atoms with E-state index in [4.69, 9.17) is 4.42 Å². The van der Waals surface area contributed by atoms with Crippen molar-refractivity contribution < 1.29 is 17.6 Å². The molecule has 3 aromatic rings. The van der Waals surface area contributed by atoms with Gasteiger partial charge in [0, 0.05) is 18.7 Å². The van der Waals surface area contributed by atoms with Gasteiger partial charge >= 0.3 is 0 Å². The van der Waals surface area contributed by atoms with Gasteiger partial charge in [-0.3, -0.25) is 9.59 Å². The predicted octanol–water partition coefficient (Wildman–Crippen LogP) is 3.49. The first-order valence-electron chi connectivity index (χ1n) is 10.4. The van der Waals surface area contributed by atoms with E-state index in [1.54, 1.807) is 12.1 Å². The van der Waals surface area contributed by atoms with Crippen LogP contribution in [0.4, 0.5) is 0 Å². The molecule has 1 atom stereocenters. The molecule has 1 amide bonds. The molecule has 0 N–H and O–H groups in total. The van der Waals surface area contributed by atoms with Crippen molar-refractivity contribution in [2.45, 2.75) is 39.3 Å². The second-order valence-electron chi connectivity index (χ2n) is 8.13. The van der Waals surface area contributed by atoms with Crippen molar-refractivity contribution in [1.29, 1.82) is 0 Å². The Morgan fingerprint density at radius 2 is 1.81 bits per heavy atom. The Labute approximate surface area is 181 Å². The highest BCUT2D eigenvalue weighted by Crippen LogP contribution is 2.24. The molecule has 0 unspecified atom stereocenters. The van der Waals surface area contributed by atoms with Gasteiger partial charge < -0.3 is 9.32 Å². The van der Waals surface area contributed by atoms with Crippen LogP contribution in [-0.4, -0.2) is 36.8 Å². The van der Waals surface area contributed by atoms with Gasteiger partial charge in [-0.25, -0.2) is 8.42 Å².